The second-order valence-electron chi connectivity index (χ2n) is 9.83. The summed E-state index contributed by atoms with van der Waals surface area (Å²) in [6, 6.07) is 20.0. The minimum atomic E-state index is -0.663. The Morgan fingerprint density at radius 3 is 2.50 bits per heavy atom. The summed E-state index contributed by atoms with van der Waals surface area (Å²) in [5.41, 5.74) is 7.26. The molecule has 9 nitrogen and oxygen atoms in total. The van der Waals surface area contributed by atoms with E-state index in [4.69, 9.17) is 15.9 Å². The van der Waals surface area contributed by atoms with Crippen molar-refractivity contribution in [2.45, 2.75) is 44.2 Å². The molecule has 1 aromatic heterocycles. The van der Waals surface area contributed by atoms with Crippen LogP contribution in [0.3, 0.4) is 0 Å². The predicted octanol–water partition coefficient (Wildman–Crippen LogP) is 3.57. The van der Waals surface area contributed by atoms with Crippen LogP contribution in [0.4, 0.5) is 0 Å². The second-order valence-corrected chi connectivity index (χ2v) is 10.8. The van der Waals surface area contributed by atoms with Crippen molar-refractivity contribution in [1.29, 1.82) is 5.41 Å². The van der Waals surface area contributed by atoms with Crippen LogP contribution < -0.4 is 21.1 Å². The molecule has 40 heavy (non-hydrogen) atoms. The van der Waals surface area contributed by atoms with E-state index >= 15 is 0 Å². The number of thiophene rings is 1. The molecule has 0 aliphatic carbocycles. The van der Waals surface area contributed by atoms with Crippen molar-refractivity contribution in [2.75, 3.05) is 19.7 Å². The summed E-state index contributed by atoms with van der Waals surface area (Å²) in [7, 11) is 0. The smallest absolute Gasteiger partial charge is 0.243 e. The van der Waals surface area contributed by atoms with Crippen LogP contribution in [0.5, 0.6) is 5.75 Å². The molecule has 5 N–H and O–H groups in total. The van der Waals surface area contributed by atoms with Gasteiger partial charge in [-0.2, -0.15) is 0 Å². The zero-order chi connectivity index (χ0) is 28.5. The number of nitrogens with one attached hydrogen (secondary N) is 3. The van der Waals surface area contributed by atoms with E-state index in [1.165, 1.54) is 11.3 Å². The SMILES string of the molecule is CC(NC(=O)[C@@H]1C[C@@H](c2ccccc2)CN1C(=O)CNC(=O)CCCOc1ccccc1)c1cc(C(=N)N)cs1. The number of amides is 3. The summed E-state index contributed by atoms with van der Waals surface area (Å²) in [5, 5.41) is 15.1. The van der Waals surface area contributed by atoms with Crippen molar-refractivity contribution >= 4 is 34.9 Å². The van der Waals surface area contributed by atoms with Gasteiger partial charge in [-0.15, -0.1) is 11.3 Å². The molecule has 1 fully saturated rings. The van der Waals surface area contributed by atoms with E-state index in [0.717, 1.165) is 16.2 Å². The standard InChI is InChI=1S/C30H35N5O4S/c1-20(26-16-23(19-40-26)29(31)32)34-30(38)25-15-22(21-9-4-2-5-10-21)18-35(25)28(37)17-33-27(36)13-8-14-39-24-11-6-3-7-12-24/h2-7,9-12,16,19-20,22,25H,8,13-15,17-18H2,1H3,(H3,31,32)(H,33,36)(H,34,38)/t20?,22-,25+/m1/s1. The number of ether oxygens (including phenoxy) is 1. The molecule has 4 rings (SSSR count). The molecule has 1 aliphatic heterocycles. The van der Waals surface area contributed by atoms with Crippen LogP contribution in [-0.2, 0) is 14.4 Å². The van der Waals surface area contributed by atoms with Crippen molar-refractivity contribution in [2.24, 2.45) is 5.73 Å². The molecular formula is C30H35N5O4S. The summed E-state index contributed by atoms with van der Waals surface area (Å²) >= 11 is 1.42. The maximum Gasteiger partial charge on any atom is 0.243 e. The highest BCUT2D eigenvalue weighted by Crippen LogP contribution is 2.32. The van der Waals surface area contributed by atoms with Gasteiger partial charge in [0.1, 0.15) is 17.6 Å². The van der Waals surface area contributed by atoms with Crippen LogP contribution in [-0.4, -0.2) is 54.2 Å². The number of rotatable bonds is 12. The van der Waals surface area contributed by atoms with Gasteiger partial charge in [0.05, 0.1) is 19.2 Å². The largest absolute Gasteiger partial charge is 0.494 e. The van der Waals surface area contributed by atoms with E-state index < -0.39 is 6.04 Å². The Kier molecular flexibility index (Phi) is 9.91. The molecule has 1 unspecified atom stereocenters. The number of hydrogen-bond acceptors (Lipinski definition) is 6. The number of benzene rings is 2. The Hall–Kier alpha value is -4.18. The molecule has 0 radical (unpaired) electrons. The molecule has 2 aromatic carbocycles. The van der Waals surface area contributed by atoms with Crippen LogP contribution in [0.2, 0.25) is 0 Å². The number of nitrogens with two attached hydrogens (primary N) is 1. The van der Waals surface area contributed by atoms with Gasteiger partial charge in [-0.1, -0.05) is 48.5 Å². The van der Waals surface area contributed by atoms with Gasteiger partial charge < -0.3 is 26.0 Å². The Bertz CT molecular complexity index is 1310. The van der Waals surface area contributed by atoms with Crippen molar-refractivity contribution in [3.8, 4) is 5.75 Å². The molecule has 0 spiro atoms. The average Bonchev–Trinajstić information content (AvgIpc) is 3.64. The lowest BCUT2D eigenvalue weighted by Gasteiger charge is -2.25. The quantitative estimate of drug-likeness (QED) is 0.152. The van der Waals surface area contributed by atoms with Gasteiger partial charge in [0, 0.05) is 34.7 Å². The average molecular weight is 562 g/mol. The number of para-hydroxylation sites is 1. The number of hydrogen-bond donors (Lipinski definition) is 4. The number of likely N-dealkylation sites (tertiary alicyclic amines) is 1. The molecule has 3 atom stereocenters. The topological polar surface area (TPSA) is 138 Å². The monoisotopic (exact) mass is 561 g/mol. The molecule has 10 heteroatoms. The lowest BCUT2D eigenvalue weighted by atomic mass is 9.96. The van der Waals surface area contributed by atoms with Gasteiger partial charge >= 0.3 is 0 Å². The summed E-state index contributed by atoms with van der Waals surface area (Å²) in [5.74, 6) is -0.0516. The Morgan fingerprint density at radius 1 is 1.12 bits per heavy atom. The van der Waals surface area contributed by atoms with Gasteiger partial charge in [-0.3, -0.25) is 19.8 Å². The fourth-order valence-corrected chi connectivity index (χ4v) is 5.65. The van der Waals surface area contributed by atoms with Crippen molar-refractivity contribution in [1.82, 2.24) is 15.5 Å². The third kappa shape index (κ3) is 7.69. The van der Waals surface area contributed by atoms with Crippen molar-refractivity contribution < 1.29 is 19.1 Å². The Balaban J connectivity index is 1.33. The molecule has 3 aromatic rings. The molecule has 1 saturated heterocycles. The summed E-state index contributed by atoms with van der Waals surface area (Å²) in [6.07, 6.45) is 1.24. The van der Waals surface area contributed by atoms with E-state index in [-0.39, 0.29) is 48.5 Å². The minimum absolute atomic E-state index is 0.00750. The van der Waals surface area contributed by atoms with Crippen LogP contribution in [0.25, 0.3) is 0 Å². The molecule has 3 amide bonds. The molecule has 210 valence electrons. The van der Waals surface area contributed by atoms with E-state index in [0.29, 0.717) is 31.6 Å². The van der Waals surface area contributed by atoms with Gasteiger partial charge in [-0.05, 0) is 43.5 Å². The van der Waals surface area contributed by atoms with E-state index in [2.05, 4.69) is 10.6 Å². The summed E-state index contributed by atoms with van der Waals surface area (Å²) in [6.45, 7) is 2.48. The molecule has 1 aliphatic rings. The normalized spacial score (nSPS) is 17.2. The highest BCUT2D eigenvalue weighted by Gasteiger charge is 2.40. The van der Waals surface area contributed by atoms with Gasteiger partial charge in [0.25, 0.3) is 0 Å². The Labute approximate surface area is 238 Å². The van der Waals surface area contributed by atoms with Gasteiger partial charge in [0.15, 0.2) is 0 Å². The van der Waals surface area contributed by atoms with Gasteiger partial charge in [0.2, 0.25) is 17.7 Å². The number of nitrogen functional groups attached to an aromatic ring is 1. The third-order valence-corrected chi connectivity index (χ3v) is 8.02. The third-order valence-electron chi connectivity index (χ3n) is 6.91. The molecule has 0 bridgehead atoms. The van der Waals surface area contributed by atoms with Crippen molar-refractivity contribution in [3.63, 3.8) is 0 Å². The zero-order valence-electron chi connectivity index (χ0n) is 22.5. The zero-order valence-corrected chi connectivity index (χ0v) is 23.3. The van der Waals surface area contributed by atoms with Gasteiger partial charge in [-0.25, -0.2) is 0 Å². The minimum Gasteiger partial charge on any atom is -0.494 e. The maximum atomic E-state index is 13.4. The first-order chi connectivity index (χ1) is 19.3. The van der Waals surface area contributed by atoms with Crippen molar-refractivity contribution in [3.05, 3.63) is 88.1 Å². The highest BCUT2D eigenvalue weighted by atomic mass is 32.1. The number of carbonyl (C=O) groups is 3. The van der Waals surface area contributed by atoms with E-state index in [9.17, 15) is 14.4 Å². The lowest BCUT2D eigenvalue weighted by molar-refractivity contribution is -0.139. The highest BCUT2D eigenvalue weighted by molar-refractivity contribution is 7.10. The number of amidine groups is 1. The molecule has 0 saturated carbocycles. The summed E-state index contributed by atoms with van der Waals surface area (Å²) < 4.78 is 5.62. The fourth-order valence-electron chi connectivity index (χ4n) is 4.73. The van der Waals surface area contributed by atoms with Crippen LogP contribution >= 0.6 is 11.3 Å². The Morgan fingerprint density at radius 2 is 1.82 bits per heavy atom. The first-order valence-corrected chi connectivity index (χ1v) is 14.2. The predicted molar refractivity (Wildman–Crippen MR) is 155 cm³/mol. The van der Waals surface area contributed by atoms with Crippen LogP contribution in [0.1, 0.15) is 54.1 Å². The first-order valence-electron chi connectivity index (χ1n) is 13.3. The number of carbonyl (C=O) groups excluding carboxylic acids is 3. The maximum absolute atomic E-state index is 13.4. The lowest BCUT2D eigenvalue weighted by Crippen LogP contribution is -2.49. The van der Waals surface area contributed by atoms with Crippen LogP contribution in [0, 0.1) is 5.41 Å². The molecule has 2 heterocycles. The van der Waals surface area contributed by atoms with E-state index in [1.807, 2.05) is 67.6 Å². The van der Waals surface area contributed by atoms with Crippen LogP contribution in [0.15, 0.2) is 72.1 Å². The fraction of sp³-hybridized carbons (Fsp3) is 0.333. The second kappa shape index (κ2) is 13.7. The van der Waals surface area contributed by atoms with E-state index in [1.54, 1.807) is 16.3 Å². The summed E-state index contributed by atoms with van der Waals surface area (Å²) in [4.78, 5) is 41.5. The first kappa shape index (κ1) is 28.8. The molecular weight excluding hydrogens is 526 g/mol. The number of nitrogens with zero attached hydrogens (tertiary/aromatic N) is 1.